The first-order chi connectivity index (χ1) is 11.8. The highest BCUT2D eigenvalue weighted by molar-refractivity contribution is 7.89. The molecule has 0 bridgehead atoms. The summed E-state index contributed by atoms with van der Waals surface area (Å²) in [7, 11) is -2.00. The molecule has 2 aromatic carbocycles. The number of rotatable bonds is 7. The van der Waals surface area contributed by atoms with Crippen LogP contribution >= 0.6 is 0 Å². The van der Waals surface area contributed by atoms with Gasteiger partial charge in [0.2, 0.25) is 10.0 Å². The summed E-state index contributed by atoms with van der Waals surface area (Å²) in [6, 6.07) is 11.3. The molecule has 5 nitrogen and oxygen atoms in total. The van der Waals surface area contributed by atoms with Crippen molar-refractivity contribution < 1.29 is 17.6 Å². The van der Waals surface area contributed by atoms with Crippen LogP contribution in [0.4, 0.5) is 10.1 Å². The third-order valence-corrected chi connectivity index (χ3v) is 5.60. The van der Waals surface area contributed by atoms with Crippen LogP contribution in [-0.2, 0) is 10.0 Å². The maximum absolute atomic E-state index is 13.2. The molecule has 0 saturated heterocycles. The molecule has 0 atom stereocenters. The first kappa shape index (κ1) is 19.1. The SMILES string of the molecule is CCCCN(C)S(=O)(=O)c1ccc(NC(=O)c2cccc(F)c2)cc1. The summed E-state index contributed by atoms with van der Waals surface area (Å²) in [6.07, 6.45) is 1.70. The van der Waals surface area contributed by atoms with Crippen molar-refractivity contribution in [3.63, 3.8) is 0 Å². The molecule has 1 amide bonds. The van der Waals surface area contributed by atoms with Crippen molar-refractivity contribution in [1.82, 2.24) is 4.31 Å². The number of benzene rings is 2. The lowest BCUT2D eigenvalue weighted by atomic mass is 10.2. The lowest BCUT2D eigenvalue weighted by Crippen LogP contribution is -2.27. The maximum atomic E-state index is 13.2. The van der Waals surface area contributed by atoms with Crippen LogP contribution in [-0.4, -0.2) is 32.2 Å². The van der Waals surface area contributed by atoms with Gasteiger partial charge in [0.25, 0.3) is 5.91 Å². The second-order valence-electron chi connectivity index (χ2n) is 5.67. The van der Waals surface area contributed by atoms with E-state index < -0.39 is 21.7 Å². The third-order valence-electron chi connectivity index (χ3n) is 3.73. The number of amides is 1. The fourth-order valence-corrected chi connectivity index (χ4v) is 3.43. The molecule has 25 heavy (non-hydrogen) atoms. The lowest BCUT2D eigenvalue weighted by Gasteiger charge is -2.17. The van der Waals surface area contributed by atoms with Gasteiger partial charge < -0.3 is 5.32 Å². The molecular weight excluding hydrogens is 343 g/mol. The van der Waals surface area contributed by atoms with Crippen molar-refractivity contribution in [3.05, 3.63) is 59.9 Å². The number of sulfonamides is 1. The van der Waals surface area contributed by atoms with Crippen LogP contribution in [0.2, 0.25) is 0 Å². The van der Waals surface area contributed by atoms with E-state index in [-0.39, 0.29) is 10.5 Å². The minimum absolute atomic E-state index is 0.162. The van der Waals surface area contributed by atoms with Crippen LogP contribution in [0, 0.1) is 5.82 Å². The number of anilines is 1. The molecule has 0 aromatic heterocycles. The summed E-state index contributed by atoms with van der Waals surface area (Å²) in [6.45, 7) is 2.45. The highest BCUT2D eigenvalue weighted by Gasteiger charge is 2.20. The number of halogens is 1. The standard InChI is InChI=1S/C18H21FN2O3S/c1-3-4-12-21(2)25(23,24)17-10-8-16(9-11-17)20-18(22)14-6-5-7-15(19)13-14/h5-11,13H,3-4,12H2,1-2H3,(H,20,22). The Morgan fingerprint density at radius 3 is 2.44 bits per heavy atom. The van der Waals surface area contributed by atoms with Crippen LogP contribution < -0.4 is 5.32 Å². The molecule has 0 saturated carbocycles. The monoisotopic (exact) mass is 364 g/mol. The molecule has 7 heteroatoms. The summed E-state index contributed by atoms with van der Waals surface area (Å²) in [4.78, 5) is 12.2. The Morgan fingerprint density at radius 1 is 1.16 bits per heavy atom. The molecule has 2 rings (SSSR count). The highest BCUT2D eigenvalue weighted by atomic mass is 32.2. The predicted octanol–water partition coefficient (Wildman–Crippen LogP) is 3.50. The molecule has 134 valence electrons. The van der Waals surface area contributed by atoms with Gasteiger partial charge in [0.1, 0.15) is 5.82 Å². The van der Waals surface area contributed by atoms with Gasteiger partial charge in [-0.05, 0) is 48.9 Å². The second-order valence-corrected chi connectivity index (χ2v) is 7.71. The van der Waals surface area contributed by atoms with Crippen LogP contribution in [0.15, 0.2) is 53.4 Å². The molecule has 0 spiro atoms. The molecule has 2 aromatic rings. The Labute approximate surface area is 147 Å². The zero-order chi connectivity index (χ0) is 18.4. The van der Waals surface area contributed by atoms with E-state index >= 15 is 0 Å². The summed E-state index contributed by atoms with van der Waals surface area (Å²) in [5.41, 5.74) is 0.625. The number of nitrogens with one attached hydrogen (secondary N) is 1. The Morgan fingerprint density at radius 2 is 1.84 bits per heavy atom. The van der Waals surface area contributed by atoms with Gasteiger partial charge in [0, 0.05) is 24.8 Å². The number of hydrogen-bond acceptors (Lipinski definition) is 3. The number of hydrogen-bond donors (Lipinski definition) is 1. The number of carbonyl (C=O) groups excluding carboxylic acids is 1. The molecule has 0 aliphatic rings. The second kappa shape index (κ2) is 8.22. The average molecular weight is 364 g/mol. The summed E-state index contributed by atoms with van der Waals surface area (Å²) < 4.78 is 39.3. The summed E-state index contributed by atoms with van der Waals surface area (Å²) in [5.74, 6) is -0.959. The van der Waals surface area contributed by atoms with E-state index in [1.807, 2.05) is 6.92 Å². The number of nitrogens with zero attached hydrogens (tertiary/aromatic N) is 1. The van der Waals surface area contributed by atoms with E-state index in [4.69, 9.17) is 0 Å². The van der Waals surface area contributed by atoms with E-state index in [9.17, 15) is 17.6 Å². The Bertz CT molecular complexity index is 836. The zero-order valence-corrected chi connectivity index (χ0v) is 15.0. The Kier molecular flexibility index (Phi) is 6.27. The minimum atomic E-state index is -3.54. The fourth-order valence-electron chi connectivity index (χ4n) is 2.22. The first-order valence-electron chi connectivity index (χ1n) is 7.98. The molecule has 0 radical (unpaired) electrons. The van der Waals surface area contributed by atoms with Crippen molar-refractivity contribution in [2.45, 2.75) is 24.7 Å². The average Bonchev–Trinajstić information content (AvgIpc) is 2.60. The molecule has 0 unspecified atom stereocenters. The van der Waals surface area contributed by atoms with Crippen LogP contribution in [0.3, 0.4) is 0 Å². The van der Waals surface area contributed by atoms with E-state index in [1.165, 1.54) is 46.8 Å². The van der Waals surface area contributed by atoms with Gasteiger partial charge in [0.15, 0.2) is 0 Å². The lowest BCUT2D eigenvalue weighted by molar-refractivity contribution is 0.102. The molecule has 0 aliphatic carbocycles. The van der Waals surface area contributed by atoms with Crippen molar-refractivity contribution in [2.24, 2.45) is 0 Å². The van der Waals surface area contributed by atoms with Gasteiger partial charge in [-0.3, -0.25) is 4.79 Å². The van der Waals surface area contributed by atoms with E-state index in [1.54, 1.807) is 7.05 Å². The van der Waals surface area contributed by atoms with Crippen molar-refractivity contribution >= 4 is 21.6 Å². The van der Waals surface area contributed by atoms with Crippen molar-refractivity contribution in [2.75, 3.05) is 18.9 Å². The number of carbonyl (C=O) groups is 1. The molecule has 1 N–H and O–H groups in total. The van der Waals surface area contributed by atoms with E-state index in [0.717, 1.165) is 18.9 Å². The molecular formula is C18H21FN2O3S. The van der Waals surface area contributed by atoms with Crippen LogP contribution in [0.1, 0.15) is 30.1 Å². The Hall–Kier alpha value is -2.25. The van der Waals surface area contributed by atoms with Crippen molar-refractivity contribution in [1.29, 1.82) is 0 Å². The van der Waals surface area contributed by atoms with Gasteiger partial charge in [0.05, 0.1) is 4.90 Å². The quantitative estimate of drug-likeness (QED) is 0.818. The first-order valence-corrected chi connectivity index (χ1v) is 9.42. The van der Waals surface area contributed by atoms with Gasteiger partial charge >= 0.3 is 0 Å². The van der Waals surface area contributed by atoms with Gasteiger partial charge in [-0.15, -0.1) is 0 Å². The normalized spacial score (nSPS) is 11.5. The van der Waals surface area contributed by atoms with Gasteiger partial charge in [-0.1, -0.05) is 19.4 Å². The minimum Gasteiger partial charge on any atom is -0.322 e. The molecule has 0 heterocycles. The van der Waals surface area contributed by atoms with E-state index in [0.29, 0.717) is 12.2 Å². The van der Waals surface area contributed by atoms with Crippen molar-refractivity contribution in [3.8, 4) is 0 Å². The predicted molar refractivity (Wildman–Crippen MR) is 95.5 cm³/mol. The summed E-state index contributed by atoms with van der Waals surface area (Å²) >= 11 is 0. The fraction of sp³-hybridized carbons (Fsp3) is 0.278. The largest absolute Gasteiger partial charge is 0.322 e. The zero-order valence-electron chi connectivity index (χ0n) is 14.2. The molecule has 0 fully saturated rings. The van der Waals surface area contributed by atoms with Crippen LogP contribution in [0.25, 0.3) is 0 Å². The summed E-state index contributed by atoms with van der Waals surface area (Å²) in [5, 5.41) is 2.61. The maximum Gasteiger partial charge on any atom is 0.255 e. The van der Waals surface area contributed by atoms with Crippen LogP contribution in [0.5, 0.6) is 0 Å². The smallest absolute Gasteiger partial charge is 0.255 e. The number of unbranched alkanes of at least 4 members (excludes halogenated alkanes) is 1. The topological polar surface area (TPSA) is 66.5 Å². The van der Waals surface area contributed by atoms with E-state index in [2.05, 4.69) is 5.32 Å². The van der Waals surface area contributed by atoms with Gasteiger partial charge in [-0.2, -0.15) is 0 Å². The van der Waals surface area contributed by atoms with Gasteiger partial charge in [-0.25, -0.2) is 17.1 Å². The highest BCUT2D eigenvalue weighted by Crippen LogP contribution is 2.18. The third kappa shape index (κ3) is 4.87. The Balaban J connectivity index is 2.10. The molecule has 0 aliphatic heterocycles.